The first-order valence-electron chi connectivity index (χ1n) is 6.86. The summed E-state index contributed by atoms with van der Waals surface area (Å²) in [5, 5.41) is 5.38. The number of rotatable bonds is 2. The zero-order valence-electron chi connectivity index (χ0n) is 11.9. The van der Waals surface area contributed by atoms with Crippen LogP contribution in [0, 0.1) is 5.82 Å². The van der Waals surface area contributed by atoms with Gasteiger partial charge in [0.05, 0.1) is 10.7 Å². The van der Waals surface area contributed by atoms with Gasteiger partial charge in [0.25, 0.3) is 5.91 Å². The minimum absolute atomic E-state index is 0.0617. The molecule has 0 bridgehead atoms. The third kappa shape index (κ3) is 3.65. The first-order valence-corrected chi connectivity index (χ1v) is 8.22. The molecule has 0 saturated heterocycles. The summed E-state index contributed by atoms with van der Waals surface area (Å²) in [6, 6.07) is 9.08. The third-order valence-electron chi connectivity index (χ3n) is 3.28. The van der Waals surface area contributed by atoms with Crippen molar-refractivity contribution >= 4 is 46.6 Å². The molecule has 1 aliphatic heterocycles. The van der Waals surface area contributed by atoms with Crippen molar-refractivity contribution in [1.82, 2.24) is 0 Å². The van der Waals surface area contributed by atoms with Crippen molar-refractivity contribution in [2.45, 2.75) is 11.3 Å². The number of amides is 2. The number of carbonyl (C=O) groups excluding carboxylic acids is 2. The molecule has 2 aromatic carbocycles. The van der Waals surface area contributed by atoms with Gasteiger partial charge in [0.15, 0.2) is 0 Å². The van der Waals surface area contributed by atoms with Gasteiger partial charge in [-0.25, -0.2) is 4.39 Å². The number of hydrogen-bond donors (Lipinski definition) is 2. The lowest BCUT2D eigenvalue weighted by atomic mass is 10.1. The van der Waals surface area contributed by atoms with Crippen LogP contribution in [0.3, 0.4) is 0 Å². The van der Waals surface area contributed by atoms with E-state index in [1.807, 2.05) is 0 Å². The van der Waals surface area contributed by atoms with Crippen molar-refractivity contribution in [3.05, 3.63) is 52.8 Å². The van der Waals surface area contributed by atoms with Crippen molar-refractivity contribution in [3.63, 3.8) is 0 Å². The van der Waals surface area contributed by atoms with Crippen molar-refractivity contribution < 1.29 is 14.0 Å². The van der Waals surface area contributed by atoms with Crippen molar-refractivity contribution in [3.8, 4) is 0 Å². The van der Waals surface area contributed by atoms with Crippen molar-refractivity contribution in [1.29, 1.82) is 0 Å². The molecular weight excluding hydrogens is 339 g/mol. The Morgan fingerprint density at radius 1 is 1.26 bits per heavy atom. The van der Waals surface area contributed by atoms with E-state index in [2.05, 4.69) is 10.6 Å². The Kier molecular flexibility index (Phi) is 4.54. The Labute approximate surface area is 141 Å². The molecule has 2 N–H and O–H groups in total. The summed E-state index contributed by atoms with van der Waals surface area (Å²) in [5.41, 5.74) is 1.42. The number of halogens is 2. The summed E-state index contributed by atoms with van der Waals surface area (Å²) in [4.78, 5) is 24.8. The van der Waals surface area contributed by atoms with Crippen LogP contribution in [-0.2, 0) is 4.79 Å². The largest absolute Gasteiger partial charge is 0.325 e. The molecule has 0 aromatic heterocycles. The highest BCUT2D eigenvalue weighted by atomic mass is 35.5. The lowest BCUT2D eigenvalue weighted by Gasteiger charge is -2.10. The molecule has 118 valence electrons. The molecule has 0 fully saturated rings. The summed E-state index contributed by atoms with van der Waals surface area (Å²) >= 11 is 7.26. The molecule has 0 spiro atoms. The maximum absolute atomic E-state index is 13.1. The standard InChI is InChI=1S/C16H12ClFN2O2S/c17-11-8-10(2-3-12(11)18)19-16(22)9-1-4-14-13(7-9)20-15(21)5-6-23-14/h1-4,7-8H,5-6H2,(H,19,22)(H,20,21). The van der Waals surface area contributed by atoms with Gasteiger partial charge >= 0.3 is 0 Å². The fraction of sp³-hybridized carbons (Fsp3) is 0.125. The van der Waals surface area contributed by atoms with E-state index in [0.717, 1.165) is 4.90 Å². The van der Waals surface area contributed by atoms with Gasteiger partial charge in [0, 0.05) is 28.3 Å². The van der Waals surface area contributed by atoms with E-state index in [1.54, 1.807) is 30.0 Å². The highest BCUT2D eigenvalue weighted by Crippen LogP contribution is 2.31. The average molecular weight is 351 g/mol. The number of anilines is 2. The molecule has 2 amide bonds. The van der Waals surface area contributed by atoms with Crippen LogP contribution in [0.2, 0.25) is 5.02 Å². The number of hydrogen-bond acceptors (Lipinski definition) is 3. The van der Waals surface area contributed by atoms with Gasteiger partial charge in [-0.05, 0) is 36.4 Å². The van der Waals surface area contributed by atoms with Crippen LogP contribution in [0.25, 0.3) is 0 Å². The number of thioether (sulfide) groups is 1. The first-order chi connectivity index (χ1) is 11.0. The highest BCUT2D eigenvalue weighted by molar-refractivity contribution is 7.99. The van der Waals surface area contributed by atoms with Crippen LogP contribution in [0.4, 0.5) is 15.8 Å². The average Bonchev–Trinajstić information content (AvgIpc) is 2.70. The zero-order chi connectivity index (χ0) is 16.4. The van der Waals surface area contributed by atoms with Crippen LogP contribution in [0.15, 0.2) is 41.3 Å². The van der Waals surface area contributed by atoms with E-state index < -0.39 is 5.82 Å². The first kappa shape index (κ1) is 15.8. The Bertz CT molecular complexity index is 798. The van der Waals surface area contributed by atoms with Crippen LogP contribution in [-0.4, -0.2) is 17.6 Å². The summed E-state index contributed by atoms with van der Waals surface area (Å²) < 4.78 is 13.1. The maximum atomic E-state index is 13.1. The summed E-state index contributed by atoms with van der Waals surface area (Å²) in [7, 11) is 0. The fourth-order valence-electron chi connectivity index (χ4n) is 2.14. The monoisotopic (exact) mass is 350 g/mol. The molecule has 7 heteroatoms. The second kappa shape index (κ2) is 6.60. The van der Waals surface area contributed by atoms with Crippen LogP contribution in [0.5, 0.6) is 0 Å². The molecular formula is C16H12ClFN2O2S. The molecule has 2 aromatic rings. The third-order valence-corrected chi connectivity index (χ3v) is 4.64. The molecule has 1 aliphatic rings. The number of carbonyl (C=O) groups is 2. The predicted octanol–water partition coefficient (Wildman–Crippen LogP) is 4.17. The molecule has 0 atom stereocenters. The smallest absolute Gasteiger partial charge is 0.255 e. The van der Waals surface area contributed by atoms with Crippen LogP contribution < -0.4 is 10.6 Å². The summed E-state index contributed by atoms with van der Waals surface area (Å²) in [5.74, 6) is -0.272. The second-order valence-electron chi connectivity index (χ2n) is 4.94. The van der Waals surface area contributed by atoms with Gasteiger partial charge in [0.2, 0.25) is 5.91 Å². The second-order valence-corrected chi connectivity index (χ2v) is 6.48. The maximum Gasteiger partial charge on any atom is 0.255 e. The van der Waals surface area contributed by atoms with E-state index in [4.69, 9.17) is 11.6 Å². The molecule has 0 saturated carbocycles. The van der Waals surface area contributed by atoms with Gasteiger partial charge in [-0.1, -0.05) is 11.6 Å². The van der Waals surface area contributed by atoms with Gasteiger partial charge in [0.1, 0.15) is 5.82 Å². The van der Waals surface area contributed by atoms with Crippen LogP contribution >= 0.6 is 23.4 Å². The van der Waals surface area contributed by atoms with Gasteiger partial charge in [-0.3, -0.25) is 9.59 Å². The SMILES string of the molecule is O=C1CCSc2ccc(C(=O)Nc3ccc(F)c(Cl)c3)cc2N1. The number of fused-ring (bicyclic) bond motifs is 1. The van der Waals surface area contributed by atoms with Crippen molar-refractivity contribution in [2.24, 2.45) is 0 Å². The van der Waals surface area contributed by atoms with Crippen molar-refractivity contribution in [2.75, 3.05) is 16.4 Å². The zero-order valence-corrected chi connectivity index (χ0v) is 13.4. The molecule has 3 rings (SSSR count). The van der Waals surface area contributed by atoms with E-state index in [9.17, 15) is 14.0 Å². The van der Waals surface area contributed by atoms with Crippen LogP contribution in [0.1, 0.15) is 16.8 Å². The molecule has 0 aliphatic carbocycles. The van der Waals surface area contributed by atoms with E-state index in [-0.39, 0.29) is 16.8 Å². The van der Waals surface area contributed by atoms with Gasteiger partial charge < -0.3 is 10.6 Å². The molecule has 4 nitrogen and oxygen atoms in total. The van der Waals surface area contributed by atoms with E-state index in [0.29, 0.717) is 29.1 Å². The molecule has 0 unspecified atom stereocenters. The van der Waals surface area contributed by atoms with Gasteiger partial charge in [-0.15, -0.1) is 11.8 Å². The van der Waals surface area contributed by atoms with E-state index >= 15 is 0 Å². The topological polar surface area (TPSA) is 58.2 Å². The Morgan fingerprint density at radius 2 is 2.09 bits per heavy atom. The normalized spacial score (nSPS) is 13.7. The summed E-state index contributed by atoms with van der Waals surface area (Å²) in [6.45, 7) is 0. The number of benzene rings is 2. The Balaban J connectivity index is 1.82. The molecule has 0 radical (unpaired) electrons. The highest BCUT2D eigenvalue weighted by Gasteiger charge is 2.16. The summed E-state index contributed by atoms with van der Waals surface area (Å²) in [6.07, 6.45) is 0.439. The predicted molar refractivity (Wildman–Crippen MR) is 89.8 cm³/mol. The quantitative estimate of drug-likeness (QED) is 0.854. The minimum Gasteiger partial charge on any atom is -0.325 e. The minimum atomic E-state index is -0.547. The molecule has 23 heavy (non-hydrogen) atoms. The van der Waals surface area contributed by atoms with E-state index in [1.165, 1.54) is 18.2 Å². The molecule has 1 heterocycles. The van der Waals surface area contributed by atoms with Gasteiger partial charge in [-0.2, -0.15) is 0 Å². The lowest BCUT2D eigenvalue weighted by molar-refractivity contribution is -0.115. The lowest BCUT2D eigenvalue weighted by Crippen LogP contribution is -2.14. The Morgan fingerprint density at radius 3 is 2.87 bits per heavy atom. The fourth-order valence-corrected chi connectivity index (χ4v) is 3.26. The Hall–Kier alpha value is -2.05. The number of nitrogens with one attached hydrogen (secondary N) is 2.